The molecule has 6 nitrogen and oxygen atoms in total. The smallest absolute Gasteiger partial charge is 0.264 e. The van der Waals surface area contributed by atoms with Crippen LogP contribution in [0.3, 0.4) is 0 Å². The summed E-state index contributed by atoms with van der Waals surface area (Å²) in [5.74, 6) is 0. The van der Waals surface area contributed by atoms with Crippen molar-refractivity contribution in [3.63, 3.8) is 0 Å². The molecule has 25 heavy (non-hydrogen) atoms. The highest BCUT2D eigenvalue weighted by molar-refractivity contribution is 7.92. The first kappa shape index (κ1) is 16.9. The van der Waals surface area contributed by atoms with Crippen molar-refractivity contribution in [2.75, 3.05) is 4.72 Å². The molecule has 128 valence electrons. The van der Waals surface area contributed by atoms with E-state index in [1.807, 2.05) is 19.1 Å². The summed E-state index contributed by atoms with van der Waals surface area (Å²) >= 11 is 0. The fourth-order valence-corrected chi connectivity index (χ4v) is 3.88. The molecule has 2 aromatic carbocycles. The topological polar surface area (TPSA) is 91.9 Å². The van der Waals surface area contributed by atoms with Gasteiger partial charge in [-0.3, -0.25) is 9.52 Å². The molecule has 0 aliphatic carbocycles. The molecule has 3 aromatic rings. The van der Waals surface area contributed by atoms with Gasteiger partial charge in [0.1, 0.15) is 0 Å². The predicted molar refractivity (Wildman–Crippen MR) is 97.0 cm³/mol. The van der Waals surface area contributed by atoms with E-state index in [4.69, 9.17) is 0 Å². The number of aryl methyl sites for hydroxylation is 1. The first-order valence-corrected chi connectivity index (χ1v) is 9.10. The van der Waals surface area contributed by atoms with E-state index in [2.05, 4.69) is 14.9 Å². The Hall–Kier alpha value is -2.93. The molecule has 0 aliphatic rings. The van der Waals surface area contributed by atoms with E-state index in [0.717, 1.165) is 5.56 Å². The zero-order valence-electron chi connectivity index (χ0n) is 13.8. The lowest BCUT2D eigenvalue weighted by Crippen LogP contribution is -2.15. The van der Waals surface area contributed by atoms with Gasteiger partial charge >= 0.3 is 0 Å². The molecular weight excluding hydrogens is 338 g/mol. The highest BCUT2D eigenvalue weighted by atomic mass is 32.2. The summed E-state index contributed by atoms with van der Waals surface area (Å²) in [5, 5.41) is 6.33. The monoisotopic (exact) mass is 355 g/mol. The summed E-state index contributed by atoms with van der Waals surface area (Å²) in [7, 11) is -3.75. The SMILES string of the molecule is Cc1cc(-c2ccc(=O)[nH]n2)cc(S(=O)(=O)Nc2ccccc2)c1C. The molecule has 3 rings (SSSR count). The highest BCUT2D eigenvalue weighted by Crippen LogP contribution is 2.27. The Morgan fingerprint density at radius 2 is 1.72 bits per heavy atom. The number of anilines is 1. The van der Waals surface area contributed by atoms with E-state index in [0.29, 0.717) is 22.5 Å². The highest BCUT2D eigenvalue weighted by Gasteiger charge is 2.20. The van der Waals surface area contributed by atoms with Crippen LogP contribution in [0.15, 0.2) is 64.3 Å². The largest absolute Gasteiger partial charge is 0.280 e. The van der Waals surface area contributed by atoms with E-state index >= 15 is 0 Å². The maximum absolute atomic E-state index is 12.8. The molecule has 0 fully saturated rings. The van der Waals surface area contributed by atoms with Crippen LogP contribution in [0.2, 0.25) is 0 Å². The molecule has 0 atom stereocenters. The molecule has 0 amide bonds. The third-order valence-electron chi connectivity index (χ3n) is 3.91. The molecule has 0 saturated heterocycles. The second-order valence-electron chi connectivity index (χ2n) is 5.69. The van der Waals surface area contributed by atoms with Gasteiger partial charge in [-0.05, 0) is 55.3 Å². The van der Waals surface area contributed by atoms with Crippen molar-refractivity contribution in [3.8, 4) is 11.3 Å². The fourth-order valence-electron chi connectivity index (χ4n) is 2.48. The van der Waals surface area contributed by atoms with Crippen LogP contribution in [-0.2, 0) is 10.0 Å². The molecule has 2 N–H and O–H groups in total. The number of nitrogens with zero attached hydrogens (tertiary/aromatic N) is 1. The summed E-state index contributed by atoms with van der Waals surface area (Å²) in [5.41, 5.74) is 2.78. The van der Waals surface area contributed by atoms with Crippen LogP contribution in [0.4, 0.5) is 5.69 Å². The van der Waals surface area contributed by atoms with Gasteiger partial charge in [-0.1, -0.05) is 18.2 Å². The van der Waals surface area contributed by atoms with Crippen LogP contribution in [-0.4, -0.2) is 18.6 Å². The minimum absolute atomic E-state index is 0.180. The third-order valence-corrected chi connectivity index (χ3v) is 5.42. The number of rotatable bonds is 4. The number of benzene rings is 2. The molecule has 7 heteroatoms. The Morgan fingerprint density at radius 1 is 1.00 bits per heavy atom. The van der Waals surface area contributed by atoms with Gasteiger partial charge < -0.3 is 0 Å². The summed E-state index contributed by atoms with van der Waals surface area (Å²) in [6.07, 6.45) is 0. The Balaban J connectivity index is 2.09. The van der Waals surface area contributed by atoms with Crippen LogP contribution in [0.5, 0.6) is 0 Å². The van der Waals surface area contributed by atoms with Crippen LogP contribution >= 0.6 is 0 Å². The standard InChI is InChI=1S/C18H17N3O3S/c1-12-10-14(16-8-9-18(22)20-19-16)11-17(13(12)2)25(23,24)21-15-6-4-3-5-7-15/h3-11,21H,1-2H3,(H,20,22). The lowest BCUT2D eigenvalue weighted by Gasteiger charge is -2.14. The molecule has 0 bridgehead atoms. The molecule has 1 heterocycles. The summed E-state index contributed by atoms with van der Waals surface area (Å²) < 4.78 is 28.2. The van der Waals surface area contributed by atoms with Crippen LogP contribution < -0.4 is 10.3 Å². The van der Waals surface area contributed by atoms with Gasteiger partial charge in [-0.2, -0.15) is 5.10 Å². The lowest BCUT2D eigenvalue weighted by atomic mass is 10.0. The summed E-state index contributed by atoms with van der Waals surface area (Å²) in [6, 6.07) is 15.0. The maximum Gasteiger partial charge on any atom is 0.264 e. The van der Waals surface area contributed by atoms with E-state index in [1.54, 1.807) is 43.3 Å². The zero-order valence-corrected chi connectivity index (χ0v) is 14.6. The van der Waals surface area contributed by atoms with Crippen molar-refractivity contribution >= 4 is 15.7 Å². The van der Waals surface area contributed by atoms with Crippen molar-refractivity contribution in [1.82, 2.24) is 10.2 Å². The summed E-state index contributed by atoms with van der Waals surface area (Å²) in [4.78, 5) is 11.4. The van der Waals surface area contributed by atoms with Gasteiger partial charge in [-0.15, -0.1) is 0 Å². The maximum atomic E-state index is 12.8. The normalized spacial score (nSPS) is 11.3. The van der Waals surface area contributed by atoms with E-state index in [9.17, 15) is 13.2 Å². The third kappa shape index (κ3) is 3.61. The molecule has 0 unspecified atom stereocenters. The quantitative estimate of drug-likeness (QED) is 0.753. The number of sulfonamides is 1. The molecule has 1 aromatic heterocycles. The number of hydrogen-bond donors (Lipinski definition) is 2. The summed E-state index contributed by atoms with van der Waals surface area (Å²) in [6.45, 7) is 3.60. The first-order valence-electron chi connectivity index (χ1n) is 7.62. The number of hydrogen-bond acceptors (Lipinski definition) is 4. The van der Waals surface area contributed by atoms with Crippen molar-refractivity contribution in [3.05, 3.63) is 76.1 Å². The molecule has 0 radical (unpaired) electrons. The first-order chi connectivity index (χ1) is 11.9. The number of H-pyrrole nitrogens is 1. The van der Waals surface area contributed by atoms with Gasteiger partial charge in [0.05, 0.1) is 10.6 Å². The van der Waals surface area contributed by atoms with E-state index in [1.165, 1.54) is 6.07 Å². The van der Waals surface area contributed by atoms with Crippen molar-refractivity contribution in [1.29, 1.82) is 0 Å². The van der Waals surface area contributed by atoms with Crippen LogP contribution in [0.25, 0.3) is 11.3 Å². The molecule has 0 saturated carbocycles. The Labute approximate surface area is 145 Å². The Kier molecular flexibility index (Phi) is 4.41. The van der Waals surface area contributed by atoms with Crippen LogP contribution in [0.1, 0.15) is 11.1 Å². The van der Waals surface area contributed by atoms with Crippen molar-refractivity contribution in [2.45, 2.75) is 18.7 Å². The van der Waals surface area contributed by atoms with Gasteiger partial charge in [0.25, 0.3) is 15.6 Å². The predicted octanol–water partition coefficient (Wildman–Crippen LogP) is 2.85. The number of aromatic nitrogens is 2. The number of aromatic amines is 1. The van der Waals surface area contributed by atoms with Gasteiger partial charge in [0.2, 0.25) is 0 Å². The lowest BCUT2D eigenvalue weighted by molar-refractivity contribution is 0.600. The second-order valence-corrected chi connectivity index (χ2v) is 7.35. The number of nitrogens with one attached hydrogen (secondary N) is 2. The Bertz CT molecular complexity index is 1050. The van der Waals surface area contributed by atoms with Crippen molar-refractivity contribution < 1.29 is 8.42 Å². The average molecular weight is 355 g/mol. The van der Waals surface area contributed by atoms with Gasteiger partial charge in [-0.25, -0.2) is 13.5 Å². The van der Waals surface area contributed by atoms with Gasteiger partial charge in [0.15, 0.2) is 0 Å². The van der Waals surface area contributed by atoms with Crippen LogP contribution in [0, 0.1) is 13.8 Å². The minimum Gasteiger partial charge on any atom is -0.280 e. The second kappa shape index (κ2) is 6.52. The molecular formula is C18H17N3O3S. The average Bonchev–Trinajstić information content (AvgIpc) is 2.58. The van der Waals surface area contributed by atoms with E-state index in [-0.39, 0.29) is 10.5 Å². The molecule has 0 aliphatic heterocycles. The molecule has 0 spiro atoms. The van der Waals surface area contributed by atoms with Crippen molar-refractivity contribution in [2.24, 2.45) is 0 Å². The van der Waals surface area contributed by atoms with Gasteiger partial charge in [0, 0.05) is 17.3 Å². The fraction of sp³-hybridized carbons (Fsp3) is 0.111. The van der Waals surface area contributed by atoms with E-state index < -0.39 is 10.0 Å². The minimum atomic E-state index is -3.75. The number of para-hydroxylation sites is 1. The Morgan fingerprint density at radius 3 is 2.36 bits per heavy atom. The zero-order chi connectivity index (χ0) is 18.0.